The van der Waals surface area contributed by atoms with Crippen molar-refractivity contribution in [3.8, 4) is 5.75 Å². The van der Waals surface area contributed by atoms with Crippen LogP contribution in [0.3, 0.4) is 0 Å². The van der Waals surface area contributed by atoms with E-state index in [0.29, 0.717) is 31.1 Å². The number of hydrogen-bond donors (Lipinski definition) is 2. The second-order valence-electron chi connectivity index (χ2n) is 8.16. The van der Waals surface area contributed by atoms with Gasteiger partial charge in [0.2, 0.25) is 5.91 Å². The third-order valence-corrected chi connectivity index (χ3v) is 5.56. The molecule has 10 heteroatoms. The maximum atomic E-state index is 12.9. The quantitative estimate of drug-likeness (QED) is 0.513. The first kappa shape index (κ1) is 25.4. The van der Waals surface area contributed by atoms with Crippen molar-refractivity contribution in [2.45, 2.75) is 19.0 Å². The Balaban J connectivity index is 1.30. The number of amides is 2. The van der Waals surface area contributed by atoms with Gasteiger partial charge in [-0.2, -0.15) is 13.2 Å². The Bertz CT molecular complexity index is 959. The van der Waals surface area contributed by atoms with Crippen LogP contribution >= 0.6 is 0 Å². The van der Waals surface area contributed by atoms with E-state index in [2.05, 4.69) is 10.2 Å². The monoisotopic (exact) mass is 478 g/mol. The van der Waals surface area contributed by atoms with Gasteiger partial charge in [-0.1, -0.05) is 18.2 Å². The van der Waals surface area contributed by atoms with Crippen LogP contribution in [0.4, 0.5) is 18.9 Å². The van der Waals surface area contributed by atoms with Gasteiger partial charge in [-0.15, -0.1) is 0 Å². The van der Waals surface area contributed by atoms with Crippen molar-refractivity contribution in [3.05, 3.63) is 59.7 Å². The highest BCUT2D eigenvalue weighted by Crippen LogP contribution is 2.31. The highest BCUT2D eigenvalue weighted by Gasteiger charge is 2.31. The second kappa shape index (κ2) is 11.7. The molecule has 1 fully saturated rings. The number of carbonyl (C=O) groups excluding carboxylic acids is 2. The maximum absolute atomic E-state index is 12.9. The van der Waals surface area contributed by atoms with Crippen LogP contribution in [0, 0.1) is 0 Å². The first-order valence-corrected chi connectivity index (χ1v) is 11.1. The first-order valence-electron chi connectivity index (χ1n) is 11.1. The van der Waals surface area contributed by atoms with E-state index in [1.54, 1.807) is 30.3 Å². The van der Waals surface area contributed by atoms with Crippen molar-refractivity contribution in [1.82, 2.24) is 10.2 Å². The third-order valence-electron chi connectivity index (χ3n) is 5.56. The number of carbonyl (C=O) groups is 2. The molecule has 1 saturated heterocycles. The number of benzene rings is 2. The third kappa shape index (κ3) is 7.95. The van der Waals surface area contributed by atoms with Gasteiger partial charge in [-0.25, -0.2) is 0 Å². The topological polar surface area (TPSA) is 87.9 Å². The summed E-state index contributed by atoms with van der Waals surface area (Å²) in [6.07, 6.45) is -3.43. The Morgan fingerprint density at radius 3 is 2.38 bits per heavy atom. The highest BCUT2D eigenvalue weighted by atomic mass is 19.4. The molecule has 0 unspecified atom stereocenters. The molecule has 1 heterocycles. The summed E-state index contributed by atoms with van der Waals surface area (Å²) in [6.45, 7) is 3.99. The molecular formula is C24H29F3N4O3. The SMILES string of the molecule is NC(=O)Cc1ccc(OCC(=O)NCCCN2CCN(c3cccc(C(F)(F)F)c3)CC2)cc1. The minimum absolute atomic E-state index is 0.106. The van der Waals surface area contributed by atoms with E-state index in [1.807, 2.05) is 4.90 Å². The molecule has 2 aromatic carbocycles. The lowest BCUT2D eigenvalue weighted by atomic mass is 10.1. The van der Waals surface area contributed by atoms with E-state index in [-0.39, 0.29) is 18.9 Å². The zero-order valence-electron chi connectivity index (χ0n) is 18.8. The largest absolute Gasteiger partial charge is 0.484 e. The van der Waals surface area contributed by atoms with Gasteiger partial charge < -0.3 is 20.7 Å². The fourth-order valence-corrected chi connectivity index (χ4v) is 3.74. The van der Waals surface area contributed by atoms with E-state index in [4.69, 9.17) is 10.5 Å². The fraction of sp³-hybridized carbons (Fsp3) is 0.417. The predicted molar refractivity (Wildman–Crippen MR) is 123 cm³/mol. The highest BCUT2D eigenvalue weighted by molar-refractivity contribution is 5.77. The Labute approximate surface area is 196 Å². The molecule has 0 spiro atoms. The number of hydrogen-bond acceptors (Lipinski definition) is 5. The molecule has 2 amide bonds. The standard InChI is InChI=1S/C24H29F3N4O3/c25-24(26,27)19-3-1-4-20(16-19)31-13-11-30(12-14-31)10-2-9-29-23(33)17-34-21-7-5-18(6-8-21)15-22(28)32/h1,3-8,16H,2,9-15,17H2,(H2,28,32)(H,29,33). The van der Waals surface area contributed by atoms with Gasteiger partial charge >= 0.3 is 6.18 Å². The van der Waals surface area contributed by atoms with E-state index in [1.165, 1.54) is 12.1 Å². The van der Waals surface area contributed by atoms with E-state index in [0.717, 1.165) is 37.7 Å². The van der Waals surface area contributed by atoms with Gasteiger partial charge in [-0.3, -0.25) is 14.5 Å². The normalized spacial score (nSPS) is 14.6. The summed E-state index contributed by atoms with van der Waals surface area (Å²) >= 11 is 0. The zero-order valence-corrected chi connectivity index (χ0v) is 18.8. The van der Waals surface area contributed by atoms with Crippen LogP contribution in [-0.2, 0) is 22.2 Å². The number of nitrogens with two attached hydrogens (primary N) is 1. The van der Waals surface area contributed by atoms with Gasteiger partial charge in [0.15, 0.2) is 6.61 Å². The lowest BCUT2D eigenvalue weighted by Crippen LogP contribution is -2.47. The molecule has 184 valence electrons. The number of nitrogens with zero attached hydrogens (tertiary/aromatic N) is 2. The smallest absolute Gasteiger partial charge is 0.416 e. The van der Waals surface area contributed by atoms with Crippen molar-refractivity contribution < 1.29 is 27.5 Å². The molecule has 1 aliphatic heterocycles. The lowest BCUT2D eigenvalue weighted by molar-refractivity contribution is -0.137. The number of nitrogens with one attached hydrogen (secondary N) is 1. The van der Waals surface area contributed by atoms with Crippen LogP contribution in [0.1, 0.15) is 17.5 Å². The average Bonchev–Trinajstić information content (AvgIpc) is 2.81. The summed E-state index contributed by atoms with van der Waals surface area (Å²) in [6, 6.07) is 12.3. The fourth-order valence-electron chi connectivity index (χ4n) is 3.74. The molecule has 0 bridgehead atoms. The van der Waals surface area contributed by atoms with Crippen molar-refractivity contribution in [2.75, 3.05) is 50.8 Å². The summed E-state index contributed by atoms with van der Waals surface area (Å²) in [5.74, 6) is -0.108. The van der Waals surface area contributed by atoms with Gasteiger partial charge in [0.1, 0.15) is 5.75 Å². The number of rotatable bonds is 10. The zero-order chi connectivity index (χ0) is 24.6. The Kier molecular flexibility index (Phi) is 8.75. The minimum Gasteiger partial charge on any atom is -0.484 e. The van der Waals surface area contributed by atoms with Crippen LogP contribution in [0.25, 0.3) is 0 Å². The molecule has 7 nitrogen and oxygen atoms in total. The molecular weight excluding hydrogens is 449 g/mol. The first-order chi connectivity index (χ1) is 16.2. The van der Waals surface area contributed by atoms with E-state index >= 15 is 0 Å². The molecule has 2 aromatic rings. The lowest BCUT2D eigenvalue weighted by Gasteiger charge is -2.36. The maximum Gasteiger partial charge on any atom is 0.416 e. The molecule has 0 saturated carbocycles. The summed E-state index contributed by atoms with van der Waals surface area (Å²) in [4.78, 5) is 27.1. The van der Waals surface area contributed by atoms with Crippen LogP contribution in [0.5, 0.6) is 5.75 Å². The number of alkyl halides is 3. The number of halogens is 3. The predicted octanol–water partition coefficient (Wildman–Crippen LogP) is 2.44. The van der Waals surface area contributed by atoms with Crippen LogP contribution in [0.2, 0.25) is 0 Å². The molecule has 3 N–H and O–H groups in total. The van der Waals surface area contributed by atoms with Crippen LogP contribution in [-0.4, -0.2) is 62.6 Å². The van der Waals surface area contributed by atoms with E-state index in [9.17, 15) is 22.8 Å². The molecule has 3 rings (SSSR count). The van der Waals surface area contributed by atoms with E-state index < -0.39 is 17.6 Å². The number of piperazine rings is 1. The molecule has 0 radical (unpaired) electrons. The molecule has 1 aliphatic rings. The molecule has 0 aromatic heterocycles. The average molecular weight is 479 g/mol. The summed E-state index contributed by atoms with van der Waals surface area (Å²) in [5, 5.41) is 2.82. The second-order valence-corrected chi connectivity index (χ2v) is 8.16. The van der Waals surface area contributed by atoms with Crippen molar-refractivity contribution in [3.63, 3.8) is 0 Å². The number of primary amides is 1. The summed E-state index contributed by atoms with van der Waals surface area (Å²) in [5.41, 5.74) is 5.89. The summed E-state index contributed by atoms with van der Waals surface area (Å²) in [7, 11) is 0. The minimum atomic E-state index is -4.34. The number of ether oxygens (including phenoxy) is 1. The van der Waals surface area contributed by atoms with Crippen LogP contribution < -0.4 is 20.7 Å². The molecule has 0 atom stereocenters. The molecule has 0 aliphatic carbocycles. The Morgan fingerprint density at radius 1 is 1.03 bits per heavy atom. The van der Waals surface area contributed by atoms with Crippen molar-refractivity contribution in [2.24, 2.45) is 5.73 Å². The van der Waals surface area contributed by atoms with Crippen molar-refractivity contribution in [1.29, 1.82) is 0 Å². The van der Waals surface area contributed by atoms with Crippen molar-refractivity contribution >= 4 is 17.5 Å². The van der Waals surface area contributed by atoms with Gasteiger partial charge in [-0.05, 0) is 48.9 Å². The Hall–Kier alpha value is -3.27. The van der Waals surface area contributed by atoms with Gasteiger partial charge in [0.05, 0.1) is 12.0 Å². The van der Waals surface area contributed by atoms with Gasteiger partial charge in [0, 0.05) is 38.4 Å². The van der Waals surface area contributed by atoms with Gasteiger partial charge in [0.25, 0.3) is 5.91 Å². The summed E-state index contributed by atoms with van der Waals surface area (Å²) < 4.78 is 44.2. The Morgan fingerprint density at radius 2 is 1.74 bits per heavy atom. The molecule has 34 heavy (non-hydrogen) atoms. The van der Waals surface area contributed by atoms with Crippen LogP contribution in [0.15, 0.2) is 48.5 Å². The number of anilines is 1.